The fourth-order valence-corrected chi connectivity index (χ4v) is 4.99. The Hall–Kier alpha value is -3.37. The molecule has 3 aromatic heterocycles. The van der Waals surface area contributed by atoms with Crippen LogP contribution in [0.1, 0.15) is 35.6 Å². The summed E-state index contributed by atoms with van der Waals surface area (Å²) in [5.41, 5.74) is 1.57. The highest BCUT2D eigenvalue weighted by Gasteiger charge is 2.20. The number of rotatable bonds is 9. The van der Waals surface area contributed by atoms with Gasteiger partial charge in [-0.3, -0.25) is 0 Å². The summed E-state index contributed by atoms with van der Waals surface area (Å²) in [4.78, 5) is 27.0. The number of aryl methyl sites for hydroxylation is 1. The van der Waals surface area contributed by atoms with Crippen LogP contribution in [0.4, 0.5) is 15.3 Å². The summed E-state index contributed by atoms with van der Waals surface area (Å²) in [6.07, 6.45) is 3.23. The van der Waals surface area contributed by atoms with Crippen molar-refractivity contribution in [2.75, 3.05) is 12.4 Å². The molecule has 0 aliphatic heterocycles. The van der Waals surface area contributed by atoms with Gasteiger partial charge in [-0.2, -0.15) is 0 Å². The van der Waals surface area contributed by atoms with Crippen molar-refractivity contribution in [1.82, 2.24) is 15.0 Å². The number of thiophene rings is 1. The van der Waals surface area contributed by atoms with Crippen molar-refractivity contribution >= 4 is 39.6 Å². The molecule has 4 rings (SSSR count). The Balaban J connectivity index is 1.70. The van der Waals surface area contributed by atoms with Gasteiger partial charge in [-0.1, -0.05) is 19.9 Å². The van der Waals surface area contributed by atoms with Gasteiger partial charge in [-0.15, -0.1) is 22.7 Å². The number of hydrogen-bond donors (Lipinski definition) is 2. The summed E-state index contributed by atoms with van der Waals surface area (Å²) in [5.74, 6) is -0.922. The molecule has 10 heteroatoms. The minimum Gasteiger partial charge on any atom is -0.494 e. The Labute approximate surface area is 204 Å². The maximum atomic E-state index is 14.4. The fraction of sp³-hybridized carbons (Fsp3) is 0.250. The van der Waals surface area contributed by atoms with Crippen molar-refractivity contribution in [1.29, 1.82) is 0 Å². The number of aromatic carboxylic acids is 1. The van der Waals surface area contributed by atoms with Crippen LogP contribution in [0, 0.1) is 11.7 Å². The number of anilines is 2. The van der Waals surface area contributed by atoms with E-state index in [9.17, 15) is 14.3 Å². The number of carboxylic acids is 1. The van der Waals surface area contributed by atoms with Gasteiger partial charge in [0.15, 0.2) is 28.2 Å². The molecule has 0 amide bonds. The predicted molar refractivity (Wildman–Crippen MR) is 133 cm³/mol. The van der Waals surface area contributed by atoms with Gasteiger partial charge in [0.05, 0.1) is 29.6 Å². The maximum Gasteiger partial charge on any atom is 0.358 e. The number of nitrogens with zero attached hydrogens (tertiary/aromatic N) is 3. The molecule has 0 spiro atoms. The first-order valence-corrected chi connectivity index (χ1v) is 12.3. The molecule has 7 nitrogen and oxygen atoms in total. The van der Waals surface area contributed by atoms with E-state index < -0.39 is 11.8 Å². The zero-order chi connectivity index (χ0) is 24.2. The van der Waals surface area contributed by atoms with Gasteiger partial charge in [0, 0.05) is 10.4 Å². The van der Waals surface area contributed by atoms with Crippen molar-refractivity contribution in [2.24, 2.45) is 5.92 Å². The van der Waals surface area contributed by atoms with Gasteiger partial charge in [0.25, 0.3) is 0 Å². The Kier molecular flexibility index (Phi) is 7.18. The van der Waals surface area contributed by atoms with Crippen molar-refractivity contribution < 1.29 is 19.0 Å². The van der Waals surface area contributed by atoms with E-state index in [0.717, 1.165) is 22.6 Å². The summed E-state index contributed by atoms with van der Waals surface area (Å²) in [6.45, 7) is 4.27. The van der Waals surface area contributed by atoms with Gasteiger partial charge < -0.3 is 15.2 Å². The third kappa shape index (κ3) is 5.23. The Morgan fingerprint density at radius 2 is 2.09 bits per heavy atom. The normalized spacial score (nSPS) is 11.1. The lowest BCUT2D eigenvalue weighted by atomic mass is 10.0. The maximum absolute atomic E-state index is 14.4. The highest BCUT2D eigenvalue weighted by Crippen LogP contribution is 2.36. The van der Waals surface area contributed by atoms with Crippen LogP contribution in [0.3, 0.4) is 0 Å². The molecule has 0 saturated heterocycles. The van der Waals surface area contributed by atoms with E-state index in [1.165, 1.54) is 42.0 Å². The molecule has 4 aromatic rings. The fourth-order valence-electron chi connectivity index (χ4n) is 3.31. The predicted octanol–water partition coefficient (Wildman–Crippen LogP) is 6.51. The smallest absolute Gasteiger partial charge is 0.358 e. The van der Waals surface area contributed by atoms with Gasteiger partial charge in [0.2, 0.25) is 0 Å². The number of carbonyl (C=O) groups is 1. The molecular formula is C24H23FN4O3S2. The van der Waals surface area contributed by atoms with E-state index in [1.54, 1.807) is 12.1 Å². The Morgan fingerprint density at radius 1 is 1.26 bits per heavy atom. The topological polar surface area (TPSA) is 97.2 Å². The molecular weight excluding hydrogens is 475 g/mol. The van der Waals surface area contributed by atoms with Crippen LogP contribution in [0.2, 0.25) is 0 Å². The molecule has 0 fully saturated rings. The molecule has 0 aliphatic carbocycles. The second-order valence-corrected chi connectivity index (χ2v) is 9.96. The number of methoxy groups -OCH3 is 1. The van der Waals surface area contributed by atoms with E-state index >= 15 is 0 Å². The van der Waals surface area contributed by atoms with Crippen molar-refractivity contribution in [3.05, 3.63) is 58.3 Å². The molecule has 34 heavy (non-hydrogen) atoms. The first-order valence-electron chi connectivity index (χ1n) is 10.6. The standard InChI is InChI=1S/C24H23FN4O3S2/c1-13(2)6-9-19-20(14-7-8-17(32-3)15(25)11-14)28-24(34-19)29-22-21(23(30)31)27-16(12-26-22)18-5-4-10-33-18/h4-5,7-8,10-13H,6,9H2,1-3H3,(H,30,31)(H,26,28,29). The minimum atomic E-state index is -1.19. The lowest BCUT2D eigenvalue weighted by Crippen LogP contribution is -2.08. The number of benzene rings is 1. The van der Waals surface area contributed by atoms with E-state index in [0.29, 0.717) is 28.0 Å². The average Bonchev–Trinajstić information content (AvgIpc) is 3.48. The molecule has 176 valence electrons. The number of halogens is 1. The molecule has 3 heterocycles. The Bertz CT molecular complexity index is 1310. The SMILES string of the molecule is COc1ccc(-c2nc(Nc3ncc(-c4cccs4)nc3C(=O)O)sc2CCC(C)C)cc1F. The second-order valence-electron chi connectivity index (χ2n) is 7.93. The average molecular weight is 499 g/mol. The molecule has 0 unspecified atom stereocenters. The lowest BCUT2D eigenvalue weighted by Gasteiger charge is -2.07. The summed E-state index contributed by atoms with van der Waals surface area (Å²) >= 11 is 2.85. The van der Waals surface area contributed by atoms with Crippen LogP contribution in [0.15, 0.2) is 41.9 Å². The third-order valence-corrected chi connectivity index (χ3v) is 6.97. The van der Waals surface area contributed by atoms with Crippen LogP contribution in [0.5, 0.6) is 5.75 Å². The third-order valence-electron chi connectivity index (χ3n) is 5.05. The van der Waals surface area contributed by atoms with Crippen molar-refractivity contribution in [3.8, 4) is 27.6 Å². The van der Waals surface area contributed by atoms with E-state index in [2.05, 4.69) is 34.1 Å². The van der Waals surface area contributed by atoms with E-state index in [1.807, 2.05) is 17.5 Å². The number of ether oxygens (including phenoxy) is 1. The van der Waals surface area contributed by atoms with Gasteiger partial charge in [0.1, 0.15) is 0 Å². The van der Waals surface area contributed by atoms with E-state index in [4.69, 9.17) is 4.74 Å². The number of thiazole rings is 1. The highest BCUT2D eigenvalue weighted by molar-refractivity contribution is 7.16. The summed E-state index contributed by atoms with van der Waals surface area (Å²) in [6, 6.07) is 8.45. The van der Waals surface area contributed by atoms with E-state index in [-0.39, 0.29) is 17.3 Å². The summed E-state index contributed by atoms with van der Waals surface area (Å²) in [7, 11) is 1.42. The molecule has 0 atom stereocenters. The largest absolute Gasteiger partial charge is 0.494 e. The van der Waals surface area contributed by atoms with Gasteiger partial charge in [-0.25, -0.2) is 24.1 Å². The quantitative estimate of drug-likeness (QED) is 0.272. The van der Waals surface area contributed by atoms with Crippen LogP contribution in [-0.4, -0.2) is 33.1 Å². The Morgan fingerprint density at radius 3 is 2.74 bits per heavy atom. The second kappa shape index (κ2) is 10.3. The van der Waals surface area contributed by atoms with Crippen molar-refractivity contribution in [2.45, 2.75) is 26.7 Å². The number of hydrogen-bond acceptors (Lipinski definition) is 8. The van der Waals surface area contributed by atoms with Gasteiger partial charge in [-0.05, 0) is 48.4 Å². The first kappa shape index (κ1) is 23.8. The monoisotopic (exact) mass is 498 g/mol. The number of carboxylic acid groups (broad SMARTS) is 1. The zero-order valence-corrected chi connectivity index (χ0v) is 20.5. The van der Waals surface area contributed by atoms with Crippen LogP contribution >= 0.6 is 22.7 Å². The lowest BCUT2D eigenvalue weighted by molar-refractivity contribution is 0.0691. The van der Waals surface area contributed by atoms with Crippen LogP contribution in [-0.2, 0) is 6.42 Å². The van der Waals surface area contributed by atoms with Crippen LogP contribution in [0.25, 0.3) is 21.8 Å². The summed E-state index contributed by atoms with van der Waals surface area (Å²) < 4.78 is 19.4. The molecule has 2 N–H and O–H groups in total. The molecule has 0 radical (unpaired) electrons. The molecule has 0 saturated carbocycles. The number of aromatic nitrogens is 3. The first-order chi connectivity index (χ1) is 16.4. The molecule has 0 aliphatic rings. The van der Waals surface area contributed by atoms with Crippen molar-refractivity contribution in [3.63, 3.8) is 0 Å². The summed E-state index contributed by atoms with van der Waals surface area (Å²) in [5, 5.41) is 15.1. The van der Waals surface area contributed by atoms with Crippen LogP contribution < -0.4 is 10.1 Å². The number of nitrogens with one attached hydrogen (secondary N) is 1. The molecule has 1 aromatic carbocycles. The van der Waals surface area contributed by atoms with Gasteiger partial charge >= 0.3 is 5.97 Å². The zero-order valence-electron chi connectivity index (χ0n) is 18.8. The minimum absolute atomic E-state index is 0.101. The molecule has 0 bridgehead atoms. The highest BCUT2D eigenvalue weighted by atomic mass is 32.1.